The fourth-order valence-corrected chi connectivity index (χ4v) is 2.18. The fourth-order valence-electron chi connectivity index (χ4n) is 1.77. The number of nitrogens with zero attached hydrogens (tertiary/aromatic N) is 1. The Morgan fingerprint density at radius 3 is 2.62 bits per heavy atom. The molecule has 5 nitrogen and oxygen atoms in total. The van der Waals surface area contributed by atoms with Gasteiger partial charge in [0.25, 0.3) is 0 Å². The molecule has 2 rings (SSSR count). The Morgan fingerprint density at radius 1 is 1.24 bits per heavy atom. The maximum Gasteiger partial charge on any atom is 0.313 e. The van der Waals surface area contributed by atoms with Gasteiger partial charge in [-0.2, -0.15) is 0 Å². The van der Waals surface area contributed by atoms with Gasteiger partial charge in [-0.15, -0.1) is 0 Å². The number of methoxy groups -OCH3 is 1. The van der Waals surface area contributed by atoms with Crippen LogP contribution < -0.4 is 9.47 Å². The van der Waals surface area contributed by atoms with E-state index in [4.69, 9.17) is 9.47 Å². The summed E-state index contributed by atoms with van der Waals surface area (Å²) in [5, 5.41) is 10.9. The molecule has 0 radical (unpaired) electrons. The van der Waals surface area contributed by atoms with Crippen LogP contribution in [0.2, 0.25) is 0 Å². The van der Waals surface area contributed by atoms with Crippen LogP contribution in [0.5, 0.6) is 11.5 Å². The average Bonchev–Trinajstić information content (AvgIpc) is 2.46. The third-order valence-corrected chi connectivity index (χ3v) is 3.24. The normalized spacial score (nSPS) is 10.2. The van der Waals surface area contributed by atoms with E-state index in [2.05, 4.69) is 15.9 Å². The number of halogens is 2. The second kappa shape index (κ2) is 6.53. The maximum absolute atomic E-state index is 13.1. The van der Waals surface area contributed by atoms with Crippen molar-refractivity contribution >= 4 is 21.6 Å². The summed E-state index contributed by atoms with van der Waals surface area (Å²) < 4.78 is 24.5. The first kappa shape index (κ1) is 15.2. The Morgan fingerprint density at radius 2 is 1.95 bits per heavy atom. The Bertz CT molecular complexity index is 678. The molecule has 0 saturated heterocycles. The highest BCUT2D eigenvalue weighted by atomic mass is 79.9. The van der Waals surface area contributed by atoms with Crippen LogP contribution >= 0.6 is 15.9 Å². The van der Waals surface area contributed by atoms with Gasteiger partial charge >= 0.3 is 5.69 Å². The number of benzene rings is 2. The van der Waals surface area contributed by atoms with E-state index in [-0.39, 0.29) is 12.4 Å². The fraction of sp³-hybridized carbons (Fsp3) is 0.143. The van der Waals surface area contributed by atoms with Crippen molar-refractivity contribution < 1.29 is 18.8 Å². The SMILES string of the molecule is COc1ccc(Br)cc1COc1ccc(F)cc1[N+](=O)[O-]. The van der Waals surface area contributed by atoms with Gasteiger partial charge in [-0.25, -0.2) is 4.39 Å². The Kier molecular flexibility index (Phi) is 4.74. The van der Waals surface area contributed by atoms with Crippen molar-refractivity contribution in [1.82, 2.24) is 0 Å². The van der Waals surface area contributed by atoms with E-state index in [0.717, 1.165) is 16.6 Å². The highest BCUT2D eigenvalue weighted by Gasteiger charge is 2.17. The number of nitro groups is 1. The second-order valence-corrected chi connectivity index (χ2v) is 5.03. The minimum absolute atomic E-state index is 0.00317. The van der Waals surface area contributed by atoms with E-state index in [1.165, 1.54) is 13.2 Å². The summed E-state index contributed by atoms with van der Waals surface area (Å²) >= 11 is 3.33. The van der Waals surface area contributed by atoms with Crippen LogP contribution in [-0.2, 0) is 6.61 Å². The van der Waals surface area contributed by atoms with Crippen LogP contribution in [0.15, 0.2) is 40.9 Å². The van der Waals surface area contributed by atoms with Crippen molar-refractivity contribution in [2.24, 2.45) is 0 Å². The molecule has 7 heteroatoms. The standard InChI is InChI=1S/C14H11BrFNO4/c1-20-13-4-2-10(15)6-9(13)8-21-14-5-3-11(16)7-12(14)17(18)19/h2-7H,8H2,1H3. The van der Waals surface area contributed by atoms with E-state index >= 15 is 0 Å². The minimum atomic E-state index is -0.686. The molecule has 21 heavy (non-hydrogen) atoms. The summed E-state index contributed by atoms with van der Waals surface area (Å²) in [6, 6.07) is 8.52. The highest BCUT2D eigenvalue weighted by Crippen LogP contribution is 2.30. The third kappa shape index (κ3) is 3.69. The quantitative estimate of drug-likeness (QED) is 0.598. The van der Waals surface area contributed by atoms with E-state index in [1.807, 2.05) is 6.07 Å². The first-order chi connectivity index (χ1) is 10.0. The molecule has 0 saturated carbocycles. The van der Waals surface area contributed by atoms with Crippen molar-refractivity contribution in [3.63, 3.8) is 0 Å². The number of ether oxygens (including phenoxy) is 2. The van der Waals surface area contributed by atoms with Crippen molar-refractivity contribution in [2.75, 3.05) is 7.11 Å². The van der Waals surface area contributed by atoms with Gasteiger partial charge in [0.2, 0.25) is 0 Å². The molecule has 0 aliphatic carbocycles. The van der Waals surface area contributed by atoms with E-state index in [0.29, 0.717) is 11.3 Å². The van der Waals surface area contributed by atoms with E-state index in [9.17, 15) is 14.5 Å². The lowest BCUT2D eigenvalue weighted by Gasteiger charge is -2.11. The molecule has 110 valence electrons. The zero-order valence-corrected chi connectivity index (χ0v) is 12.6. The molecule has 2 aromatic carbocycles. The summed E-state index contributed by atoms with van der Waals surface area (Å²) in [4.78, 5) is 10.2. The topological polar surface area (TPSA) is 61.6 Å². The van der Waals surface area contributed by atoms with Crippen LogP contribution in [0.3, 0.4) is 0 Å². The second-order valence-electron chi connectivity index (χ2n) is 4.11. The van der Waals surface area contributed by atoms with Crippen molar-refractivity contribution in [2.45, 2.75) is 6.61 Å². The summed E-state index contributed by atoms with van der Waals surface area (Å²) in [6.45, 7) is 0.0646. The van der Waals surface area contributed by atoms with Crippen LogP contribution in [0.4, 0.5) is 10.1 Å². The van der Waals surface area contributed by atoms with E-state index in [1.54, 1.807) is 12.1 Å². The van der Waals surface area contributed by atoms with Gasteiger partial charge in [-0.3, -0.25) is 10.1 Å². The monoisotopic (exact) mass is 355 g/mol. The molecule has 0 amide bonds. The molecular weight excluding hydrogens is 345 g/mol. The zero-order chi connectivity index (χ0) is 15.4. The average molecular weight is 356 g/mol. The van der Waals surface area contributed by atoms with Gasteiger partial charge in [0.1, 0.15) is 18.2 Å². The maximum atomic E-state index is 13.1. The van der Waals surface area contributed by atoms with Gasteiger partial charge in [0.05, 0.1) is 18.1 Å². The summed E-state index contributed by atoms with van der Waals surface area (Å²) in [7, 11) is 1.52. The Balaban J connectivity index is 2.24. The molecule has 2 aromatic rings. The minimum Gasteiger partial charge on any atom is -0.496 e. The van der Waals surface area contributed by atoms with Gasteiger partial charge in [-0.05, 0) is 30.3 Å². The molecule has 0 heterocycles. The molecule has 0 fully saturated rings. The summed E-state index contributed by atoms with van der Waals surface area (Å²) in [5.41, 5.74) is 0.300. The summed E-state index contributed by atoms with van der Waals surface area (Å²) in [6.07, 6.45) is 0. The zero-order valence-electron chi connectivity index (χ0n) is 11.0. The van der Waals surface area contributed by atoms with Crippen molar-refractivity contribution in [3.8, 4) is 11.5 Å². The van der Waals surface area contributed by atoms with Crippen LogP contribution in [0, 0.1) is 15.9 Å². The third-order valence-electron chi connectivity index (χ3n) is 2.74. The Labute approximate surface area is 128 Å². The number of rotatable bonds is 5. The van der Waals surface area contributed by atoms with Crippen molar-refractivity contribution in [3.05, 3.63) is 62.4 Å². The number of nitro benzene ring substituents is 1. The van der Waals surface area contributed by atoms with E-state index < -0.39 is 16.4 Å². The number of hydrogen-bond acceptors (Lipinski definition) is 4. The molecule has 0 spiro atoms. The molecular formula is C14H11BrFNO4. The van der Waals surface area contributed by atoms with Gasteiger partial charge < -0.3 is 9.47 Å². The number of hydrogen-bond donors (Lipinski definition) is 0. The first-order valence-corrected chi connectivity index (χ1v) is 6.69. The van der Waals surface area contributed by atoms with Gasteiger partial charge in [-0.1, -0.05) is 15.9 Å². The molecule has 0 atom stereocenters. The van der Waals surface area contributed by atoms with Crippen LogP contribution in [0.1, 0.15) is 5.56 Å². The lowest BCUT2D eigenvalue weighted by molar-refractivity contribution is -0.386. The first-order valence-electron chi connectivity index (χ1n) is 5.90. The van der Waals surface area contributed by atoms with Crippen molar-refractivity contribution in [1.29, 1.82) is 0 Å². The lowest BCUT2D eigenvalue weighted by Crippen LogP contribution is -2.01. The summed E-state index contributed by atoms with van der Waals surface area (Å²) in [5.74, 6) is -0.0829. The molecule has 0 bridgehead atoms. The highest BCUT2D eigenvalue weighted by molar-refractivity contribution is 9.10. The predicted octanol–water partition coefficient (Wildman–Crippen LogP) is 4.08. The largest absolute Gasteiger partial charge is 0.496 e. The molecule has 0 aliphatic heterocycles. The van der Waals surface area contributed by atoms with Gasteiger partial charge in [0, 0.05) is 10.0 Å². The molecule has 0 N–H and O–H groups in total. The van der Waals surface area contributed by atoms with Crippen LogP contribution in [0.25, 0.3) is 0 Å². The Hall–Kier alpha value is -2.15. The predicted molar refractivity (Wildman–Crippen MR) is 78.1 cm³/mol. The van der Waals surface area contributed by atoms with Gasteiger partial charge in [0.15, 0.2) is 5.75 Å². The lowest BCUT2D eigenvalue weighted by atomic mass is 10.2. The molecule has 0 unspecified atom stereocenters. The molecule has 0 aliphatic rings. The van der Waals surface area contributed by atoms with Crippen LogP contribution in [-0.4, -0.2) is 12.0 Å². The smallest absolute Gasteiger partial charge is 0.313 e. The molecule has 0 aromatic heterocycles.